The lowest BCUT2D eigenvalue weighted by molar-refractivity contribution is 0.186. The summed E-state index contributed by atoms with van der Waals surface area (Å²) in [7, 11) is 0. The van der Waals surface area contributed by atoms with Gasteiger partial charge in [0.15, 0.2) is 0 Å². The summed E-state index contributed by atoms with van der Waals surface area (Å²) in [5.41, 5.74) is 5.26. The highest BCUT2D eigenvalue weighted by atomic mass is 32.2. The predicted molar refractivity (Wildman–Crippen MR) is 30.7 cm³/mol. The third-order valence-electron chi connectivity index (χ3n) is 1.28. The Balaban J connectivity index is 2.17. The van der Waals surface area contributed by atoms with E-state index in [9.17, 15) is 8.76 Å². The van der Waals surface area contributed by atoms with E-state index in [0.717, 1.165) is 12.8 Å². The summed E-state index contributed by atoms with van der Waals surface area (Å²) in [4.78, 5) is 0. The molecule has 0 heterocycles. The van der Waals surface area contributed by atoms with Crippen molar-refractivity contribution in [1.82, 2.24) is 0 Å². The molecule has 2 atom stereocenters. The van der Waals surface area contributed by atoms with Crippen molar-refractivity contribution in [3.63, 3.8) is 0 Å². The molecule has 5 heteroatoms. The summed E-state index contributed by atoms with van der Waals surface area (Å²) in [6, 6.07) is 0. The van der Waals surface area contributed by atoms with Gasteiger partial charge in [-0.05, 0) is 18.8 Å². The average Bonchev–Trinajstić information content (AvgIpc) is 2.40. The van der Waals surface area contributed by atoms with Crippen molar-refractivity contribution in [1.29, 1.82) is 0 Å². The molecular formula is C4H8NO3S-. The predicted octanol–water partition coefficient (Wildman–Crippen LogP) is -0.508. The molecule has 54 valence electrons. The van der Waals surface area contributed by atoms with E-state index in [-0.39, 0.29) is 5.92 Å². The van der Waals surface area contributed by atoms with Crippen LogP contribution in [0.3, 0.4) is 0 Å². The molecule has 0 saturated heterocycles. The summed E-state index contributed by atoms with van der Waals surface area (Å²) in [5, 5.41) is 0. The number of hydrogen-bond acceptors (Lipinski definition) is 4. The molecule has 0 amide bonds. The molecule has 0 bridgehead atoms. The molecule has 0 aliphatic heterocycles. The van der Waals surface area contributed by atoms with Gasteiger partial charge in [0, 0.05) is 0 Å². The fourth-order valence-corrected chi connectivity index (χ4v) is 0.933. The summed E-state index contributed by atoms with van der Waals surface area (Å²) in [6.07, 6.45) is 1.36. The normalized spacial score (nSPS) is 25.6. The molecule has 0 aromatic carbocycles. The van der Waals surface area contributed by atoms with Gasteiger partial charge in [0.25, 0.3) is 0 Å². The largest absolute Gasteiger partial charge is 0.750 e. The van der Waals surface area contributed by atoms with Gasteiger partial charge in [0.1, 0.15) is 6.23 Å². The fourth-order valence-electron chi connectivity index (χ4n) is 0.594. The van der Waals surface area contributed by atoms with Crippen LogP contribution in [0.5, 0.6) is 0 Å². The van der Waals surface area contributed by atoms with Crippen LogP contribution in [-0.4, -0.2) is 15.0 Å². The van der Waals surface area contributed by atoms with E-state index in [1.54, 1.807) is 0 Å². The van der Waals surface area contributed by atoms with Gasteiger partial charge < -0.3 is 10.3 Å². The first-order valence-corrected chi connectivity index (χ1v) is 3.72. The third-order valence-corrected chi connectivity index (χ3v) is 1.66. The van der Waals surface area contributed by atoms with Gasteiger partial charge in [-0.2, -0.15) is 0 Å². The zero-order valence-electron chi connectivity index (χ0n) is 4.78. The Bertz CT molecular complexity index is 125. The second kappa shape index (κ2) is 2.74. The number of hydrogen-bond donors (Lipinski definition) is 1. The van der Waals surface area contributed by atoms with Gasteiger partial charge in [-0.1, -0.05) is 0 Å². The average molecular weight is 150 g/mol. The van der Waals surface area contributed by atoms with Crippen LogP contribution in [-0.2, 0) is 15.5 Å². The van der Waals surface area contributed by atoms with Gasteiger partial charge in [-0.15, -0.1) is 0 Å². The summed E-state index contributed by atoms with van der Waals surface area (Å²) < 4.78 is 23.9. The zero-order valence-corrected chi connectivity index (χ0v) is 5.60. The van der Waals surface area contributed by atoms with Crippen molar-refractivity contribution in [2.75, 3.05) is 0 Å². The van der Waals surface area contributed by atoms with Crippen molar-refractivity contribution < 1.29 is 12.9 Å². The first-order chi connectivity index (χ1) is 4.20. The Morgan fingerprint density at radius 1 is 1.78 bits per heavy atom. The second-order valence-electron chi connectivity index (χ2n) is 2.10. The molecule has 9 heavy (non-hydrogen) atoms. The van der Waals surface area contributed by atoms with Gasteiger partial charge in [0.2, 0.25) is 0 Å². The summed E-state index contributed by atoms with van der Waals surface area (Å²) >= 11 is -2.45. The minimum absolute atomic E-state index is 0.267. The molecule has 0 aromatic rings. The maximum Gasteiger partial charge on any atom is 0.124 e. The molecule has 1 aliphatic carbocycles. The Morgan fingerprint density at radius 3 is 2.67 bits per heavy atom. The quantitative estimate of drug-likeness (QED) is 0.434. The van der Waals surface area contributed by atoms with Crippen molar-refractivity contribution in [3.8, 4) is 0 Å². The van der Waals surface area contributed by atoms with Crippen LogP contribution >= 0.6 is 0 Å². The van der Waals surface area contributed by atoms with Crippen molar-refractivity contribution in [2.45, 2.75) is 19.1 Å². The van der Waals surface area contributed by atoms with Crippen LogP contribution in [0, 0.1) is 5.92 Å². The van der Waals surface area contributed by atoms with Crippen LogP contribution in [0.4, 0.5) is 0 Å². The van der Waals surface area contributed by atoms with Gasteiger partial charge in [0.05, 0.1) is 11.4 Å². The molecular weight excluding hydrogens is 142 g/mol. The minimum Gasteiger partial charge on any atom is -0.750 e. The lowest BCUT2D eigenvalue weighted by atomic mass is 10.4. The highest BCUT2D eigenvalue weighted by Gasteiger charge is 2.29. The van der Waals surface area contributed by atoms with E-state index >= 15 is 0 Å². The monoisotopic (exact) mass is 150 g/mol. The highest BCUT2D eigenvalue weighted by molar-refractivity contribution is 7.74. The van der Waals surface area contributed by atoms with Crippen LogP contribution in [0.2, 0.25) is 0 Å². The summed E-state index contributed by atoms with van der Waals surface area (Å²) in [6.45, 7) is 0. The zero-order chi connectivity index (χ0) is 6.85. The van der Waals surface area contributed by atoms with Crippen LogP contribution < -0.4 is 5.73 Å². The minimum atomic E-state index is -2.45. The second-order valence-corrected chi connectivity index (χ2v) is 2.70. The van der Waals surface area contributed by atoms with Crippen molar-refractivity contribution in [3.05, 3.63) is 0 Å². The van der Waals surface area contributed by atoms with Crippen LogP contribution in [0.25, 0.3) is 0 Å². The molecule has 1 rings (SSSR count). The van der Waals surface area contributed by atoms with Gasteiger partial charge >= 0.3 is 0 Å². The smallest absolute Gasteiger partial charge is 0.124 e. The molecule has 0 aromatic heterocycles. The van der Waals surface area contributed by atoms with E-state index in [4.69, 9.17) is 5.73 Å². The van der Waals surface area contributed by atoms with Gasteiger partial charge in [-0.25, -0.2) is 4.21 Å². The Labute approximate surface area is 55.9 Å². The third kappa shape index (κ3) is 2.40. The van der Waals surface area contributed by atoms with E-state index < -0.39 is 17.6 Å². The van der Waals surface area contributed by atoms with Gasteiger partial charge in [-0.3, -0.25) is 4.18 Å². The maximum absolute atomic E-state index is 9.84. The molecule has 1 aliphatic rings. The molecule has 1 fully saturated rings. The van der Waals surface area contributed by atoms with E-state index in [0.29, 0.717) is 0 Å². The molecule has 0 radical (unpaired) electrons. The van der Waals surface area contributed by atoms with Crippen LogP contribution in [0.15, 0.2) is 0 Å². The van der Waals surface area contributed by atoms with E-state index in [1.807, 2.05) is 0 Å². The topological polar surface area (TPSA) is 75.4 Å². The van der Waals surface area contributed by atoms with Crippen LogP contribution in [0.1, 0.15) is 12.8 Å². The van der Waals surface area contributed by atoms with E-state index in [1.165, 1.54) is 0 Å². The molecule has 2 N–H and O–H groups in total. The first-order valence-electron chi connectivity index (χ1n) is 2.72. The Hall–Kier alpha value is 0.0300. The Morgan fingerprint density at radius 2 is 2.33 bits per heavy atom. The standard InChI is InChI=1S/C4H9NO3S/c5-4(3-1-2-3)8-9(6)7/h3-4H,1-2,5H2,(H,6,7)/p-1. The summed E-state index contributed by atoms with van der Waals surface area (Å²) in [5.74, 6) is 0.267. The highest BCUT2D eigenvalue weighted by Crippen LogP contribution is 2.31. The maximum atomic E-state index is 9.84. The fraction of sp³-hybridized carbons (Fsp3) is 1.00. The first kappa shape index (κ1) is 7.14. The lowest BCUT2D eigenvalue weighted by Crippen LogP contribution is -2.26. The molecule has 1 saturated carbocycles. The molecule has 4 nitrogen and oxygen atoms in total. The molecule has 0 spiro atoms. The Kier molecular flexibility index (Phi) is 2.18. The lowest BCUT2D eigenvalue weighted by Gasteiger charge is -2.11. The van der Waals surface area contributed by atoms with Crippen molar-refractivity contribution in [2.24, 2.45) is 11.7 Å². The number of nitrogens with two attached hydrogens (primary N) is 1. The van der Waals surface area contributed by atoms with Crippen molar-refractivity contribution >= 4 is 11.4 Å². The SMILES string of the molecule is NC(OS(=O)[O-])C1CC1. The molecule has 2 unspecified atom stereocenters. The number of rotatable bonds is 3. The van der Waals surface area contributed by atoms with E-state index in [2.05, 4.69) is 4.18 Å².